The van der Waals surface area contributed by atoms with Crippen LogP contribution in [0.4, 0.5) is 0 Å². The van der Waals surface area contributed by atoms with Gasteiger partial charge in [-0.3, -0.25) is 9.59 Å². The van der Waals surface area contributed by atoms with Crippen molar-refractivity contribution in [2.75, 3.05) is 19.8 Å². The molecule has 8 N–H and O–H groups in total. The summed E-state index contributed by atoms with van der Waals surface area (Å²) < 4.78 is 10.8. The van der Waals surface area contributed by atoms with Crippen LogP contribution in [-0.4, -0.2) is 132 Å². The van der Waals surface area contributed by atoms with E-state index >= 15 is 0 Å². The van der Waals surface area contributed by atoms with E-state index < -0.39 is 67.6 Å². The van der Waals surface area contributed by atoms with Crippen LogP contribution in [0.1, 0.15) is 136 Å². The number of amides is 1. The highest BCUT2D eigenvalue weighted by atomic mass is 16.7. The Morgan fingerprint density at radius 3 is 2.15 bits per heavy atom. The number of Topliss-reactive ketones (excluding diaryl/α,β-unsaturated/α-hetero) is 1. The maximum Gasteiger partial charge on any atom is 0.261 e. The fraction of sp³-hybridized carbons (Fsp3) is 0.854. The lowest BCUT2D eigenvalue weighted by Crippen LogP contribution is -2.59. The second-order valence-corrected chi connectivity index (χ2v) is 16.1. The highest BCUT2D eigenvalue weighted by Gasteiger charge is 2.50. The molecule has 0 radical (unpaired) electrons. The summed E-state index contributed by atoms with van der Waals surface area (Å²) in [4.78, 5) is 26.8. The molecule has 1 amide bonds. The molecule has 3 fully saturated rings. The number of allylic oxidation sites excluding steroid dienone is 2. The molecule has 0 saturated carbocycles. The zero-order chi connectivity index (χ0) is 39.6. The highest BCUT2D eigenvalue weighted by Crippen LogP contribution is 2.34. The summed E-state index contributed by atoms with van der Waals surface area (Å²) in [6.07, 6.45) is 13.2. The Kier molecular flexibility index (Phi) is 21.2. The lowest BCUT2D eigenvalue weighted by atomic mass is 9.89. The summed E-state index contributed by atoms with van der Waals surface area (Å²) in [5.41, 5.74) is -0.0740. The van der Waals surface area contributed by atoms with Crippen LogP contribution in [0.2, 0.25) is 0 Å². The minimum absolute atomic E-state index is 0.0740. The first kappa shape index (κ1) is 46.4. The third-order valence-electron chi connectivity index (χ3n) is 11.3. The van der Waals surface area contributed by atoms with Gasteiger partial charge in [0.2, 0.25) is 0 Å². The summed E-state index contributed by atoms with van der Waals surface area (Å²) in [6.45, 7) is 3.97. The quantitative estimate of drug-likeness (QED) is 0.0197. The van der Waals surface area contributed by atoms with Crippen molar-refractivity contribution in [1.82, 2.24) is 4.90 Å². The van der Waals surface area contributed by atoms with E-state index in [2.05, 4.69) is 19.1 Å². The van der Waals surface area contributed by atoms with Crippen LogP contribution in [-0.2, 0) is 19.1 Å². The topological polar surface area (TPSA) is 218 Å². The van der Waals surface area contributed by atoms with Gasteiger partial charge >= 0.3 is 0 Å². The molecule has 54 heavy (non-hydrogen) atoms. The molecule has 11 atom stereocenters. The SMILES string of the molecule is C[C@@H](CCCCCCCCC/C=C\C[C@@H](O)CCC[C@@H](O)CCCCCO[C@@H]1O[C@H](CO)[C@@H](O)[C@H](O)[C@@H]1O)C[C@H](C)/C(O)=C1/C(=O)[C@H]2C[C@@H](O)CN2C1=O. The number of hydrogen-bond acceptors (Lipinski definition) is 12. The Balaban J connectivity index is 1.09. The Bertz CT molecular complexity index is 1140. The number of aliphatic hydroxyl groups excluding tert-OH is 8. The molecule has 312 valence electrons. The van der Waals surface area contributed by atoms with Gasteiger partial charge in [-0.2, -0.15) is 0 Å². The third kappa shape index (κ3) is 14.9. The number of ether oxygens (including phenoxy) is 2. The smallest absolute Gasteiger partial charge is 0.261 e. The average molecular weight is 770 g/mol. The van der Waals surface area contributed by atoms with E-state index in [-0.39, 0.29) is 42.6 Å². The normalized spacial score (nSPS) is 29.2. The molecular weight excluding hydrogens is 698 g/mol. The molecular formula is C41H71NO12. The van der Waals surface area contributed by atoms with Crippen molar-refractivity contribution in [3.8, 4) is 0 Å². The maximum absolute atomic E-state index is 12.7. The van der Waals surface area contributed by atoms with Crippen LogP contribution in [0.15, 0.2) is 23.5 Å². The van der Waals surface area contributed by atoms with Gasteiger partial charge in [-0.1, -0.05) is 83.8 Å². The molecule has 0 spiro atoms. The van der Waals surface area contributed by atoms with Gasteiger partial charge < -0.3 is 55.2 Å². The Labute approximate surface area is 322 Å². The van der Waals surface area contributed by atoms with Gasteiger partial charge in [-0.05, 0) is 63.7 Å². The predicted octanol–water partition coefficient (Wildman–Crippen LogP) is 3.73. The largest absolute Gasteiger partial charge is 0.511 e. The molecule has 3 saturated heterocycles. The van der Waals surface area contributed by atoms with E-state index in [1.165, 1.54) is 37.0 Å². The van der Waals surface area contributed by atoms with Crippen LogP contribution in [0.5, 0.6) is 0 Å². The van der Waals surface area contributed by atoms with Crippen LogP contribution in [0, 0.1) is 11.8 Å². The zero-order valence-corrected chi connectivity index (χ0v) is 32.7. The average Bonchev–Trinajstić information content (AvgIpc) is 3.64. The first-order valence-electron chi connectivity index (χ1n) is 20.7. The summed E-state index contributed by atoms with van der Waals surface area (Å²) in [6, 6.07) is -0.625. The molecule has 3 heterocycles. The van der Waals surface area contributed by atoms with E-state index in [0.29, 0.717) is 38.0 Å². The predicted molar refractivity (Wildman–Crippen MR) is 203 cm³/mol. The van der Waals surface area contributed by atoms with E-state index in [4.69, 9.17) is 9.47 Å². The number of unbranched alkanes of at least 4 members (excludes halogenated alkanes) is 9. The summed E-state index contributed by atoms with van der Waals surface area (Å²) in [7, 11) is 0. The lowest BCUT2D eigenvalue weighted by Gasteiger charge is -2.39. The van der Waals surface area contributed by atoms with Crippen molar-refractivity contribution >= 4 is 11.7 Å². The van der Waals surface area contributed by atoms with E-state index in [1.807, 2.05) is 6.92 Å². The molecule has 13 heteroatoms. The molecule has 0 bridgehead atoms. The number of aliphatic hydroxyl groups is 8. The first-order chi connectivity index (χ1) is 25.8. The van der Waals surface area contributed by atoms with Crippen LogP contribution in [0.3, 0.4) is 0 Å². The van der Waals surface area contributed by atoms with Crippen molar-refractivity contribution < 1.29 is 59.9 Å². The monoisotopic (exact) mass is 769 g/mol. The fourth-order valence-electron chi connectivity index (χ4n) is 7.94. The molecule has 3 rings (SSSR count). The van der Waals surface area contributed by atoms with Gasteiger partial charge in [-0.25, -0.2) is 0 Å². The van der Waals surface area contributed by atoms with Crippen molar-refractivity contribution in [3.63, 3.8) is 0 Å². The van der Waals surface area contributed by atoms with Crippen LogP contribution in [0.25, 0.3) is 0 Å². The number of carbonyl (C=O) groups excluding carboxylic acids is 2. The number of fused-ring (bicyclic) bond motifs is 1. The van der Waals surface area contributed by atoms with Crippen LogP contribution >= 0.6 is 0 Å². The van der Waals surface area contributed by atoms with E-state index in [1.54, 1.807) is 0 Å². The molecule has 0 aromatic carbocycles. The fourth-order valence-corrected chi connectivity index (χ4v) is 7.94. The van der Waals surface area contributed by atoms with Gasteiger partial charge in [-0.15, -0.1) is 0 Å². The third-order valence-corrected chi connectivity index (χ3v) is 11.3. The van der Waals surface area contributed by atoms with Crippen molar-refractivity contribution in [2.24, 2.45) is 11.8 Å². The number of carbonyl (C=O) groups is 2. The number of ketones is 1. The molecule has 3 aliphatic rings. The second-order valence-electron chi connectivity index (χ2n) is 16.1. The highest BCUT2D eigenvalue weighted by molar-refractivity contribution is 6.27. The number of nitrogens with zero attached hydrogens (tertiary/aromatic N) is 1. The molecule has 0 unspecified atom stereocenters. The van der Waals surface area contributed by atoms with Crippen molar-refractivity contribution in [1.29, 1.82) is 0 Å². The molecule has 0 aliphatic carbocycles. The molecule has 0 aromatic heterocycles. The van der Waals surface area contributed by atoms with E-state index in [0.717, 1.165) is 51.4 Å². The standard InChI is InChI=1S/C41H71NO12/c1-27(23-28(2)35(47)34-36(48)32-24-31(46)25-42(32)40(34)52)17-12-9-7-5-3-4-6-8-10-13-18-29(44)20-16-21-30(45)19-14-11-15-22-53-41-39(51)38(50)37(49)33(26-43)54-41/h10,13,27-33,37-39,41,43-47,49-51H,3-9,11-12,14-26H2,1-2H3/b13-10-,35-34+/t27-,28-,29+,30-,31+,32+,33+,37+,38-,39-,41+/m0/s1. The van der Waals surface area contributed by atoms with Gasteiger partial charge in [0.15, 0.2) is 12.1 Å². The summed E-state index contributed by atoms with van der Waals surface area (Å²) in [5.74, 6) is -0.769. The van der Waals surface area contributed by atoms with Gasteiger partial charge in [0, 0.05) is 25.5 Å². The molecule has 3 aliphatic heterocycles. The van der Waals surface area contributed by atoms with Crippen molar-refractivity contribution in [2.45, 2.75) is 191 Å². The Morgan fingerprint density at radius 2 is 1.44 bits per heavy atom. The second kappa shape index (κ2) is 24.6. The Morgan fingerprint density at radius 1 is 0.815 bits per heavy atom. The Hall–Kier alpha value is -1.94. The summed E-state index contributed by atoms with van der Waals surface area (Å²) >= 11 is 0. The van der Waals surface area contributed by atoms with Gasteiger partial charge in [0.05, 0.1) is 31.0 Å². The molecule has 13 nitrogen and oxygen atoms in total. The molecule has 0 aromatic rings. The lowest BCUT2D eigenvalue weighted by molar-refractivity contribution is -0.301. The summed E-state index contributed by atoms with van der Waals surface area (Å²) in [5, 5.41) is 80.0. The van der Waals surface area contributed by atoms with Crippen molar-refractivity contribution in [3.05, 3.63) is 23.5 Å². The number of hydrogen-bond donors (Lipinski definition) is 8. The zero-order valence-electron chi connectivity index (χ0n) is 32.7. The van der Waals surface area contributed by atoms with Gasteiger partial charge in [0.1, 0.15) is 35.7 Å². The minimum atomic E-state index is -1.45. The minimum Gasteiger partial charge on any atom is -0.511 e. The van der Waals surface area contributed by atoms with Crippen LogP contribution < -0.4 is 0 Å². The van der Waals surface area contributed by atoms with E-state index in [9.17, 15) is 50.4 Å². The maximum atomic E-state index is 12.7. The first-order valence-corrected chi connectivity index (χ1v) is 20.7. The van der Waals surface area contributed by atoms with Gasteiger partial charge in [0.25, 0.3) is 5.91 Å². The number of rotatable bonds is 27.